The lowest BCUT2D eigenvalue weighted by atomic mass is 9.74. The molecule has 0 amide bonds. The Balaban J connectivity index is 0.000000189. The molecule has 21 atom stereocenters. The van der Waals surface area contributed by atoms with E-state index in [0.717, 1.165) is 13.8 Å². The standard InChI is InChI=1S/C12H16F2O4.3C11H14F2O4.C11H15FO4.C10H12F2O4.C9H11F3O4/c1-6-4-7-5-11(2,18-9(7)15)8(6)17-10(16)12(3,13)14;1-5-3-6-4-7(16-9(6)14)8(5)17-10(15)11(2,12)13;1-10(17-9(15)11(2,12)13)4-3-6-5-7(10)16-8(6)14;1-10-5-6(8(14)17-10)3-4-7(10)16-9(15)11(2,12)13;1-11(2,12)10(14)16-7-4-3-6-5-8(7)15-9(6)13;1-10(11,12)9(14)16-6-3-2-5-4-7(6)15-8(5)13;1-8(2,9(10,11)12)7(14)16-5-3-4-15-6(5)13/h6-8H,4-5H2,1-3H3;5-8H,3-4H2,1-2H3;2*6-7H,3-5H2,1-2H3;6-8H,3-5H2,1-2H3;5-7H,2-4H2,1H3;5H,3-4H2,1-2H3. The molecule has 6 saturated carbocycles. The average Bonchev–Trinajstić information content (AvgIpc) is 1.61. The van der Waals surface area contributed by atoms with E-state index < -0.39 is 166 Å². The fraction of sp³-hybridized carbons (Fsp3) is 0.813. The van der Waals surface area contributed by atoms with Crippen molar-refractivity contribution in [3.8, 4) is 0 Å². The maximum Gasteiger partial charge on any atom is 0.404 e. The SMILES string of the molecule is CC(C)(C(=O)OC1CCOC1=O)C(F)(F)F.CC(C)(F)C(=O)OC1CCC2CC1OC2=O.CC(F)(F)C(=O)OC1(C)CCC2CC1OC2=O.CC(F)(F)C(=O)OC1CCC2CC1(C)OC2=O.CC(F)(F)C(=O)OC1CCC2CC1OC2=O.CC1CC2CC(C)(OC2=O)C1OC(=O)C(C)(F)F.CC1CC2CC(OC2=O)C1OC(=O)C(C)(F)F. The molecule has 0 aromatic heterocycles. The van der Waals surface area contributed by atoms with E-state index in [1.165, 1.54) is 6.92 Å². The number of fused-ring (bicyclic) bond motifs is 12. The molecule has 0 radical (unpaired) electrons. The van der Waals surface area contributed by atoms with E-state index in [2.05, 4.69) is 14.2 Å². The monoisotopic (exact) mass is 1710 g/mol. The molecule has 0 aromatic carbocycles. The van der Waals surface area contributed by atoms with Gasteiger partial charge >= 0.3 is 119 Å². The number of ether oxygens (including phenoxy) is 14. The predicted octanol–water partition coefficient (Wildman–Crippen LogP) is 10.9. The lowest BCUT2D eigenvalue weighted by molar-refractivity contribution is -0.227. The summed E-state index contributed by atoms with van der Waals surface area (Å²) in [5.74, 6) is -31.6. The minimum Gasteiger partial charge on any atom is -0.463 e. The van der Waals surface area contributed by atoms with Gasteiger partial charge in [0.2, 0.25) is 11.8 Å². The molecule has 13 rings (SSSR count). The number of alkyl halides is 14. The Bertz CT molecular complexity index is 3650. The van der Waals surface area contributed by atoms with Crippen LogP contribution in [0.1, 0.15) is 206 Å². The highest BCUT2D eigenvalue weighted by molar-refractivity contribution is 5.85. The summed E-state index contributed by atoms with van der Waals surface area (Å²) < 4.78 is 246. The summed E-state index contributed by atoms with van der Waals surface area (Å²) in [4.78, 5) is 157. The van der Waals surface area contributed by atoms with Gasteiger partial charge in [0.05, 0.1) is 42.1 Å². The first-order valence-corrected chi connectivity index (χ1v) is 37.9. The Hall–Kier alpha value is -8.40. The van der Waals surface area contributed by atoms with Crippen LogP contribution < -0.4 is 0 Å². The molecule has 6 aliphatic carbocycles. The maximum atomic E-state index is 13.3. The Morgan fingerprint density at radius 3 is 1.29 bits per heavy atom. The van der Waals surface area contributed by atoms with E-state index in [0.29, 0.717) is 151 Å². The molecule has 12 bridgehead atoms. The van der Waals surface area contributed by atoms with E-state index in [4.69, 9.17) is 52.1 Å². The number of rotatable bonds is 14. The zero-order valence-electron chi connectivity index (χ0n) is 66.3. The van der Waals surface area contributed by atoms with Crippen molar-refractivity contribution in [2.45, 2.75) is 325 Å². The zero-order valence-corrected chi connectivity index (χ0v) is 66.3. The molecule has 0 aromatic rings. The molecule has 42 heteroatoms. The minimum atomic E-state index is -4.72. The van der Waals surface area contributed by atoms with E-state index in [1.54, 1.807) is 27.7 Å². The number of halogens is 14. The fourth-order valence-electron chi connectivity index (χ4n) is 15.2. The number of cyclic esters (lactones) is 1. The second-order valence-electron chi connectivity index (χ2n) is 33.6. The smallest absolute Gasteiger partial charge is 0.404 e. The molecule has 7 saturated heterocycles. The highest BCUT2D eigenvalue weighted by Gasteiger charge is 2.61. The van der Waals surface area contributed by atoms with Gasteiger partial charge in [0.25, 0.3) is 0 Å². The van der Waals surface area contributed by atoms with Crippen molar-refractivity contribution in [1.29, 1.82) is 0 Å². The molecule has 0 spiro atoms. The first kappa shape index (κ1) is 95.7. The third-order valence-corrected chi connectivity index (χ3v) is 22.2. The van der Waals surface area contributed by atoms with Gasteiger partial charge in [-0.05, 0) is 125 Å². The lowest BCUT2D eigenvalue weighted by Gasteiger charge is -2.39. The Morgan fingerprint density at radius 1 is 0.376 bits per heavy atom. The van der Waals surface area contributed by atoms with Crippen LogP contribution >= 0.6 is 0 Å². The summed E-state index contributed by atoms with van der Waals surface area (Å²) in [7, 11) is 0. The van der Waals surface area contributed by atoms with Crippen LogP contribution in [0.5, 0.6) is 0 Å². The molecule has 662 valence electrons. The Labute approximate surface area is 661 Å². The second kappa shape index (κ2) is 35.5. The zero-order chi connectivity index (χ0) is 88.6. The molecular formula is C75H96F14O28. The Morgan fingerprint density at radius 2 is 0.795 bits per heavy atom. The largest absolute Gasteiger partial charge is 0.463 e. The third kappa shape index (κ3) is 23.8. The van der Waals surface area contributed by atoms with Crippen molar-refractivity contribution >= 4 is 83.6 Å². The van der Waals surface area contributed by atoms with Crippen molar-refractivity contribution in [1.82, 2.24) is 0 Å². The topological polar surface area (TPSA) is 368 Å². The van der Waals surface area contributed by atoms with Gasteiger partial charge in [-0.15, -0.1) is 0 Å². The summed E-state index contributed by atoms with van der Waals surface area (Å²) in [5.41, 5.74) is -7.67. The van der Waals surface area contributed by atoms with Crippen LogP contribution in [0, 0.1) is 52.8 Å². The average molecular weight is 1710 g/mol. The number of esters is 14. The van der Waals surface area contributed by atoms with Crippen LogP contribution in [-0.4, -0.2) is 209 Å². The normalized spacial score (nSPS) is 34.1. The minimum absolute atomic E-state index is 0.0571. The summed E-state index contributed by atoms with van der Waals surface area (Å²) in [6.45, 7) is 14.6. The van der Waals surface area contributed by atoms with Crippen LogP contribution in [-0.2, 0) is 133 Å². The maximum absolute atomic E-state index is 13.3. The first-order valence-electron chi connectivity index (χ1n) is 37.9. The predicted molar refractivity (Wildman–Crippen MR) is 359 cm³/mol. The second-order valence-corrected chi connectivity index (χ2v) is 33.6. The quantitative estimate of drug-likeness (QED) is 0.0885. The molecule has 117 heavy (non-hydrogen) atoms. The summed E-state index contributed by atoms with van der Waals surface area (Å²) >= 11 is 0. The third-order valence-electron chi connectivity index (χ3n) is 22.2. The van der Waals surface area contributed by atoms with Crippen LogP contribution in [0.4, 0.5) is 61.5 Å². The van der Waals surface area contributed by atoms with E-state index in [9.17, 15) is 129 Å². The van der Waals surface area contributed by atoms with Crippen LogP contribution in [0.2, 0.25) is 0 Å². The molecule has 7 aliphatic heterocycles. The molecule has 13 fully saturated rings. The van der Waals surface area contributed by atoms with E-state index >= 15 is 0 Å². The molecule has 13 aliphatic rings. The van der Waals surface area contributed by atoms with E-state index in [1.807, 2.05) is 0 Å². The molecule has 7 heterocycles. The van der Waals surface area contributed by atoms with Crippen LogP contribution in [0.3, 0.4) is 0 Å². The summed E-state index contributed by atoms with van der Waals surface area (Å²) in [6, 6.07) is 0. The molecular weight excluding hydrogens is 1610 g/mol. The number of hydrogen-bond donors (Lipinski definition) is 0. The van der Waals surface area contributed by atoms with Crippen molar-refractivity contribution < 1.29 is 195 Å². The van der Waals surface area contributed by atoms with Gasteiger partial charge in [-0.3, -0.25) is 33.6 Å². The van der Waals surface area contributed by atoms with Crippen LogP contribution in [0.15, 0.2) is 0 Å². The molecule has 28 nitrogen and oxygen atoms in total. The van der Waals surface area contributed by atoms with Gasteiger partial charge < -0.3 is 66.3 Å². The first-order chi connectivity index (χ1) is 53.3. The fourth-order valence-corrected chi connectivity index (χ4v) is 15.2. The summed E-state index contributed by atoms with van der Waals surface area (Å²) in [5, 5.41) is 0. The van der Waals surface area contributed by atoms with Gasteiger partial charge in [0.15, 0.2) is 5.41 Å². The highest BCUT2D eigenvalue weighted by Crippen LogP contribution is 2.50. The molecule has 0 N–H and O–H groups in total. The van der Waals surface area contributed by atoms with Gasteiger partial charge in [-0.1, -0.05) is 13.8 Å². The Kier molecular flexibility index (Phi) is 29.0. The van der Waals surface area contributed by atoms with Gasteiger partial charge in [-0.2, -0.15) is 57.1 Å². The molecule has 21 unspecified atom stereocenters. The van der Waals surface area contributed by atoms with Gasteiger partial charge in [0, 0.05) is 79.6 Å². The summed E-state index contributed by atoms with van der Waals surface area (Å²) in [6.07, 6.45) is -3.70. The van der Waals surface area contributed by atoms with Crippen molar-refractivity contribution in [2.24, 2.45) is 52.8 Å². The number of carbonyl (C=O) groups excluding carboxylic acids is 14. The van der Waals surface area contributed by atoms with Gasteiger partial charge in [-0.25, -0.2) is 38.0 Å². The van der Waals surface area contributed by atoms with E-state index in [-0.39, 0.29) is 102 Å². The number of carbonyl (C=O) groups is 14. The van der Waals surface area contributed by atoms with Gasteiger partial charge in [0.1, 0.15) is 71.7 Å². The van der Waals surface area contributed by atoms with Crippen LogP contribution in [0.25, 0.3) is 0 Å². The van der Waals surface area contributed by atoms with Crippen molar-refractivity contribution in [3.63, 3.8) is 0 Å². The number of hydrogen-bond acceptors (Lipinski definition) is 28. The van der Waals surface area contributed by atoms with Crippen molar-refractivity contribution in [2.75, 3.05) is 6.61 Å². The van der Waals surface area contributed by atoms with Crippen molar-refractivity contribution in [3.05, 3.63) is 0 Å². The lowest BCUT2D eigenvalue weighted by Crippen LogP contribution is -2.50. The highest BCUT2D eigenvalue weighted by atomic mass is 19.4.